The SMILES string of the molecule is CSCCNCc1ccn(C)n1. The van der Waals surface area contributed by atoms with Crippen LogP contribution in [0.5, 0.6) is 0 Å². The van der Waals surface area contributed by atoms with Crippen LogP contribution >= 0.6 is 11.8 Å². The van der Waals surface area contributed by atoms with Gasteiger partial charge in [0.15, 0.2) is 0 Å². The van der Waals surface area contributed by atoms with Gasteiger partial charge in [-0.1, -0.05) is 0 Å². The van der Waals surface area contributed by atoms with Crippen LogP contribution in [0, 0.1) is 0 Å². The predicted molar refractivity (Wildman–Crippen MR) is 53.3 cm³/mol. The van der Waals surface area contributed by atoms with Crippen molar-refractivity contribution in [2.75, 3.05) is 18.6 Å². The Labute approximate surface area is 77.5 Å². The number of hydrogen-bond donors (Lipinski definition) is 1. The van der Waals surface area contributed by atoms with Crippen LogP contribution < -0.4 is 5.32 Å². The highest BCUT2D eigenvalue weighted by atomic mass is 32.2. The number of nitrogens with one attached hydrogen (secondary N) is 1. The molecule has 1 heterocycles. The minimum atomic E-state index is 0.876. The molecule has 68 valence electrons. The van der Waals surface area contributed by atoms with E-state index in [0.717, 1.165) is 24.5 Å². The Morgan fingerprint density at radius 1 is 1.67 bits per heavy atom. The van der Waals surface area contributed by atoms with E-state index in [9.17, 15) is 0 Å². The smallest absolute Gasteiger partial charge is 0.0762 e. The maximum absolute atomic E-state index is 4.26. The summed E-state index contributed by atoms with van der Waals surface area (Å²) in [4.78, 5) is 0. The van der Waals surface area contributed by atoms with Crippen molar-refractivity contribution in [1.29, 1.82) is 0 Å². The molecule has 0 aliphatic carbocycles. The molecule has 12 heavy (non-hydrogen) atoms. The van der Waals surface area contributed by atoms with E-state index < -0.39 is 0 Å². The van der Waals surface area contributed by atoms with Gasteiger partial charge in [0.25, 0.3) is 0 Å². The maximum atomic E-state index is 4.26. The van der Waals surface area contributed by atoms with Crippen molar-refractivity contribution >= 4 is 11.8 Å². The quantitative estimate of drug-likeness (QED) is 0.690. The van der Waals surface area contributed by atoms with E-state index in [1.165, 1.54) is 0 Å². The first-order valence-electron chi connectivity index (χ1n) is 4.01. The first-order valence-corrected chi connectivity index (χ1v) is 5.40. The topological polar surface area (TPSA) is 29.9 Å². The standard InChI is InChI=1S/C8H15N3S/c1-11-5-3-8(10-11)7-9-4-6-12-2/h3,5,9H,4,6-7H2,1-2H3. The van der Waals surface area contributed by atoms with Crippen LogP contribution in [0.2, 0.25) is 0 Å². The van der Waals surface area contributed by atoms with Crippen LogP contribution in [-0.4, -0.2) is 28.3 Å². The molecule has 1 aromatic rings. The zero-order chi connectivity index (χ0) is 8.81. The summed E-state index contributed by atoms with van der Waals surface area (Å²) in [5.74, 6) is 1.16. The van der Waals surface area contributed by atoms with Gasteiger partial charge in [-0.15, -0.1) is 0 Å². The van der Waals surface area contributed by atoms with Crippen LogP contribution in [0.25, 0.3) is 0 Å². The normalized spacial score (nSPS) is 10.5. The van der Waals surface area contributed by atoms with Gasteiger partial charge in [-0.05, 0) is 12.3 Å². The number of hydrogen-bond acceptors (Lipinski definition) is 3. The maximum Gasteiger partial charge on any atom is 0.0762 e. The minimum absolute atomic E-state index is 0.876. The van der Waals surface area contributed by atoms with E-state index in [2.05, 4.69) is 16.7 Å². The Morgan fingerprint density at radius 2 is 2.50 bits per heavy atom. The molecule has 0 aliphatic rings. The summed E-state index contributed by atoms with van der Waals surface area (Å²) in [6.07, 6.45) is 4.08. The highest BCUT2D eigenvalue weighted by Crippen LogP contribution is 1.93. The molecule has 0 spiro atoms. The Bertz CT molecular complexity index is 222. The number of rotatable bonds is 5. The Morgan fingerprint density at radius 3 is 3.08 bits per heavy atom. The van der Waals surface area contributed by atoms with Gasteiger partial charge in [-0.3, -0.25) is 4.68 Å². The molecule has 1 rings (SSSR count). The average Bonchev–Trinajstić information content (AvgIpc) is 2.45. The van der Waals surface area contributed by atoms with Crippen molar-refractivity contribution in [3.63, 3.8) is 0 Å². The van der Waals surface area contributed by atoms with E-state index >= 15 is 0 Å². The van der Waals surface area contributed by atoms with E-state index in [1.807, 2.05) is 35.8 Å². The molecule has 0 radical (unpaired) electrons. The molecule has 3 nitrogen and oxygen atoms in total. The van der Waals surface area contributed by atoms with Crippen LogP contribution in [0.4, 0.5) is 0 Å². The predicted octanol–water partition coefficient (Wildman–Crippen LogP) is 0.873. The number of nitrogens with zero attached hydrogens (tertiary/aromatic N) is 2. The molecule has 0 aromatic carbocycles. The van der Waals surface area contributed by atoms with Crippen molar-refractivity contribution in [3.8, 4) is 0 Å². The Hall–Kier alpha value is -0.480. The van der Waals surface area contributed by atoms with Crippen LogP contribution in [0.1, 0.15) is 5.69 Å². The Balaban J connectivity index is 2.15. The van der Waals surface area contributed by atoms with Crippen molar-refractivity contribution in [1.82, 2.24) is 15.1 Å². The van der Waals surface area contributed by atoms with Crippen molar-refractivity contribution in [2.45, 2.75) is 6.54 Å². The molecule has 1 N–H and O–H groups in total. The summed E-state index contributed by atoms with van der Waals surface area (Å²) < 4.78 is 1.82. The van der Waals surface area contributed by atoms with E-state index in [0.29, 0.717) is 0 Å². The van der Waals surface area contributed by atoms with Gasteiger partial charge in [0, 0.05) is 32.1 Å². The van der Waals surface area contributed by atoms with Gasteiger partial charge < -0.3 is 5.32 Å². The zero-order valence-corrected chi connectivity index (χ0v) is 8.40. The number of aromatic nitrogens is 2. The van der Waals surface area contributed by atoms with Gasteiger partial charge in [-0.2, -0.15) is 16.9 Å². The molecule has 0 unspecified atom stereocenters. The third-order valence-electron chi connectivity index (χ3n) is 1.56. The first kappa shape index (κ1) is 9.61. The fraction of sp³-hybridized carbons (Fsp3) is 0.625. The second-order valence-corrected chi connectivity index (χ2v) is 3.64. The lowest BCUT2D eigenvalue weighted by Gasteiger charge is -1.99. The molecule has 0 aliphatic heterocycles. The summed E-state index contributed by atoms with van der Waals surface area (Å²) in [5, 5.41) is 7.57. The molecular formula is C8H15N3S. The van der Waals surface area contributed by atoms with Gasteiger partial charge in [0.2, 0.25) is 0 Å². The Kier molecular flexibility index (Phi) is 4.18. The second kappa shape index (κ2) is 5.22. The van der Waals surface area contributed by atoms with Crippen molar-refractivity contribution < 1.29 is 0 Å². The highest BCUT2D eigenvalue weighted by molar-refractivity contribution is 7.98. The second-order valence-electron chi connectivity index (χ2n) is 2.65. The monoisotopic (exact) mass is 185 g/mol. The fourth-order valence-corrected chi connectivity index (χ4v) is 1.30. The van der Waals surface area contributed by atoms with Crippen LogP contribution in [0.15, 0.2) is 12.3 Å². The number of aryl methyl sites for hydroxylation is 1. The molecule has 1 aromatic heterocycles. The van der Waals surface area contributed by atoms with E-state index in [4.69, 9.17) is 0 Å². The molecule has 0 bridgehead atoms. The highest BCUT2D eigenvalue weighted by Gasteiger charge is 1.94. The van der Waals surface area contributed by atoms with Crippen LogP contribution in [0.3, 0.4) is 0 Å². The van der Waals surface area contributed by atoms with E-state index in [-0.39, 0.29) is 0 Å². The largest absolute Gasteiger partial charge is 0.310 e. The number of thioether (sulfide) groups is 1. The van der Waals surface area contributed by atoms with Gasteiger partial charge >= 0.3 is 0 Å². The molecule has 0 amide bonds. The van der Waals surface area contributed by atoms with Gasteiger partial charge in [-0.25, -0.2) is 0 Å². The molecular weight excluding hydrogens is 170 g/mol. The van der Waals surface area contributed by atoms with Crippen molar-refractivity contribution in [2.24, 2.45) is 7.05 Å². The lowest BCUT2D eigenvalue weighted by molar-refractivity contribution is 0.680. The molecule has 0 saturated carbocycles. The molecule has 0 atom stereocenters. The van der Waals surface area contributed by atoms with Crippen molar-refractivity contribution in [3.05, 3.63) is 18.0 Å². The molecule has 0 fully saturated rings. The van der Waals surface area contributed by atoms with Crippen LogP contribution in [-0.2, 0) is 13.6 Å². The molecule has 0 saturated heterocycles. The third-order valence-corrected chi connectivity index (χ3v) is 2.17. The average molecular weight is 185 g/mol. The summed E-state index contributed by atoms with van der Waals surface area (Å²) in [7, 11) is 1.94. The zero-order valence-electron chi connectivity index (χ0n) is 7.58. The molecule has 4 heteroatoms. The summed E-state index contributed by atoms with van der Waals surface area (Å²) in [5.41, 5.74) is 1.11. The summed E-state index contributed by atoms with van der Waals surface area (Å²) >= 11 is 1.85. The van der Waals surface area contributed by atoms with Gasteiger partial charge in [0.05, 0.1) is 5.69 Å². The third kappa shape index (κ3) is 3.28. The lowest BCUT2D eigenvalue weighted by Crippen LogP contribution is -2.16. The lowest BCUT2D eigenvalue weighted by atomic mass is 10.4. The van der Waals surface area contributed by atoms with Gasteiger partial charge in [0.1, 0.15) is 0 Å². The fourth-order valence-electron chi connectivity index (χ4n) is 0.948. The first-order chi connectivity index (χ1) is 5.83. The summed E-state index contributed by atoms with van der Waals surface area (Å²) in [6.45, 7) is 1.93. The van der Waals surface area contributed by atoms with E-state index in [1.54, 1.807) is 0 Å². The summed E-state index contributed by atoms with van der Waals surface area (Å²) in [6, 6.07) is 2.03. The minimum Gasteiger partial charge on any atom is -0.310 e.